The molecule has 2 atom stereocenters. The summed E-state index contributed by atoms with van der Waals surface area (Å²) < 4.78 is 0. The Bertz CT molecular complexity index is 115. The van der Waals surface area contributed by atoms with Gasteiger partial charge in [-0.3, -0.25) is 10.6 Å². The Morgan fingerprint density at radius 2 is 2.20 bits per heavy atom. The molecule has 0 aromatic carbocycles. The second-order valence-corrected chi connectivity index (χ2v) is 2.00. The third-order valence-corrected chi connectivity index (χ3v) is 1.19. The first-order chi connectivity index (χ1) is 4.63. The first-order valence-electron chi connectivity index (χ1n) is 2.99. The second-order valence-electron chi connectivity index (χ2n) is 2.00. The van der Waals surface area contributed by atoms with E-state index in [1.807, 2.05) is 0 Å². The maximum atomic E-state index is 10.8. The quantitative estimate of drug-likeness (QED) is 0.273. The molecule has 0 heterocycles. The molecule has 5 nitrogen and oxygen atoms in total. The Labute approximate surface area is 59.6 Å². The standard InChI is InChI=1S/C5H13N3O2/c1-3(9)4(8-6)5(10)7-2/h3-4,8-9H,6H2,1-2H3,(H,7,10)/t3-,4+/m1/s1. The minimum absolute atomic E-state index is 0.322. The highest BCUT2D eigenvalue weighted by molar-refractivity contribution is 5.81. The topological polar surface area (TPSA) is 87.4 Å². The highest BCUT2D eigenvalue weighted by Crippen LogP contribution is 1.89. The van der Waals surface area contributed by atoms with Crippen molar-refractivity contribution in [3.05, 3.63) is 0 Å². The van der Waals surface area contributed by atoms with E-state index in [9.17, 15) is 4.79 Å². The van der Waals surface area contributed by atoms with Crippen LogP contribution in [-0.2, 0) is 4.79 Å². The smallest absolute Gasteiger partial charge is 0.240 e. The number of likely N-dealkylation sites (N-methyl/N-ethyl adjacent to an activating group) is 1. The number of nitrogens with one attached hydrogen (secondary N) is 2. The average Bonchev–Trinajstić information content (AvgIpc) is 1.88. The van der Waals surface area contributed by atoms with Crippen LogP contribution in [0.2, 0.25) is 0 Å². The second kappa shape index (κ2) is 4.21. The molecule has 0 saturated heterocycles. The largest absolute Gasteiger partial charge is 0.391 e. The molecule has 0 aromatic heterocycles. The molecule has 0 aliphatic carbocycles. The Hall–Kier alpha value is -0.650. The van der Waals surface area contributed by atoms with Crippen molar-refractivity contribution in [1.29, 1.82) is 0 Å². The van der Waals surface area contributed by atoms with Crippen molar-refractivity contribution >= 4 is 5.91 Å². The lowest BCUT2D eigenvalue weighted by atomic mass is 10.2. The molecule has 0 saturated carbocycles. The van der Waals surface area contributed by atoms with Crippen LogP contribution in [0.1, 0.15) is 6.92 Å². The van der Waals surface area contributed by atoms with Gasteiger partial charge < -0.3 is 10.4 Å². The van der Waals surface area contributed by atoms with Gasteiger partial charge >= 0.3 is 0 Å². The molecule has 0 aliphatic rings. The van der Waals surface area contributed by atoms with Crippen molar-refractivity contribution < 1.29 is 9.90 Å². The summed E-state index contributed by atoms with van der Waals surface area (Å²) in [6.07, 6.45) is -0.787. The van der Waals surface area contributed by atoms with Crippen LogP contribution in [0.4, 0.5) is 0 Å². The van der Waals surface area contributed by atoms with Crippen molar-refractivity contribution in [3.8, 4) is 0 Å². The summed E-state index contributed by atoms with van der Waals surface area (Å²) in [5.41, 5.74) is 2.19. The zero-order valence-corrected chi connectivity index (χ0v) is 6.09. The van der Waals surface area contributed by atoms with E-state index in [0.717, 1.165) is 0 Å². The lowest BCUT2D eigenvalue weighted by Crippen LogP contribution is -2.52. The van der Waals surface area contributed by atoms with E-state index in [4.69, 9.17) is 10.9 Å². The van der Waals surface area contributed by atoms with E-state index < -0.39 is 12.1 Å². The highest BCUT2D eigenvalue weighted by Gasteiger charge is 2.19. The number of nitrogens with two attached hydrogens (primary N) is 1. The van der Waals surface area contributed by atoms with Crippen LogP contribution in [0, 0.1) is 0 Å². The summed E-state index contributed by atoms with van der Waals surface area (Å²) in [5.74, 6) is 4.66. The summed E-state index contributed by atoms with van der Waals surface area (Å²) in [5, 5.41) is 11.3. The van der Waals surface area contributed by atoms with Gasteiger partial charge in [-0.25, -0.2) is 5.43 Å². The summed E-state index contributed by atoms with van der Waals surface area (Å²) in [4.78, 5) is 10.8. The first kappa shape index (κ1) is 9.35. The predicted octanol–water partition coefficient (Wildman–Crippen LogP) is -2.05. The average molecular weight is 147 g/mol. The van der Waals surface area contributed by atoms with Gasteiger partial charge in [0.05, 0.1) is 6.10 Å². The van der Waals surface area contributed by atoms with Gasteiger partial charge in [0.1, 0.15) is 6.04 Å². The highest BCUT2D eigenvalue weighted by atomic mass is 16.3. The van der Waals surface area contributed by atoms with Crippen LogP contribution in [0.25, 0.3) is 0 Å². The van der Waals surface area contributed by atoms with E-state index in [-0.39, 0.29) is 5.91 Å². The Morgan fingerprint density at radius 1 is 1.70 bits per heavy atom. The number of hydrogen-bond acceptors (Lipinski definition) is 4. The molecule has 0 unspecified atom stereocenters. The van der Waals surface area contributed by atoms with E-state index in [0.29, 0.717) is 0 Å². The minimum atomic E-state index is -0.787. The zero-order valence-electron chi connectivity index (χ0n) is 6.09. The molecule has 0 aromatic rings. The van der Waals surface area contributed by atoms with Gasteiger partial charge in [0.15, 0.2) is 0 Å². The molecular formula is C5H13N3O2. The van der Waals surface area contributed by atoms with Gasteiger partial charge in [0.25, 0.3) is 0 Å². The van der Waals surface area contributed by atoms with Crippen molar-refractivity contribution in [1.82, 2.24) is 10.7 Å². The SMILES string of the molecule is CNC(=O)[C@@H](NN)[C@@H](C)O. The van der Waals surface area contributed by atoms with Crippen molar-refractivity contribution in [2.75, 3.05) is 7.05 Å². The minimum Gasteiger partial charge on any atom is -0.391 e. The van der Waals surface area contributed by atoms with Gasteiger partial charge in [-0.05, 0) is 6.92 Å². The lowest BCUT2D eigenvalue weighted by molar-refractivity contribution is -0.125. The third-order valence-electron chi connectivity index (χ3n) is 1.19. The molecule has 0 rings (SSSR count). The number of aliphatic hydroxyl groups is 1. The Kier molecular flexibility index (Phi) is 3.94. The van der Waals surface area contributed by atoms with Crippen LogP contribution >= 0.6 is 0 Å². The van der Waals surface area contributed by atoms with Gasteiger partial charge in [-0.2, -0.15) is 0 Å². The fraction of sp³-hybridized carbons (Fsp3) is 0.800. The first-order valence-corrected chi connectivity index (χ1v) is 2.99. The van der Waals surface area contributed by atoms with Crippen LogP contribution < -0.4 is 16.6 Å². The number of carbonyl (C=O) groups is 1. The molecule has 60 valence electrons. The Balaban J connectivity index is 3.93. The summed E-state index contributed by atoms with van der Waals surface area (Å²) >= 11 is 0. The lowest BCUT2D eigenvalue weighted by Gasteiger charge is -2.16. The van der Waals surface area contributed by atoms with E-state index in [1.165, 1.54) is 14.0 Å². The summed E-state index contributed by atoms with van der Waals surface area (Å²) in [6.45, 7) is 1.49. The summed E-state index contributed by atoms with van der Waals surface area (Å²) in [7, 11) is 1.48. The third kappa shape index (κ3) is 2.30. The molecule has 1 amide bonds. The number of amides is 1. The molecule has 0 bridgehead atoms. The van der Waals surface area contributed by atoms with E-state index in [2.05, 4.69) is 10.7 Å². The number of aliphatic hydroxyl groups excluding tert-OH is 1. The number of hydrazine groups is 1. The van der Waals surface area contributed by atoms with Crippen molar-refractivity contribution in [2.24, 2.45) is 5.84 Å². The van der Waals surface area contributed by atoms with Gasteiger partial charge in [0, 0.05) is 7.05 Å². The maximum absolute atomic E-state index is 10.8. The molecule has 0 aliphatic heterocycles. The van der Waals surface area contributed by atoms with Crippen LogP contribution in [0.3, 0.4) is 0 Å². The van der Waals surface area contributed by atoms with Crippen LogP contribution in [0.5, 0.6) is 0 Å². The number of carbonyl (C=O) groups excluding carboxylic acids is 1. The molecule has 0 spiro atoms. The fourth-order valence-corrected chi connectivity index (χ4v) is 0.590. The Morgan fingerprint density at radius 3 is 2.30 bits per heavy atom. The molecule has 0 radical (unpaired) electrons. The monoisotopic (exact) mass is 147 g/mol. The number of hydrogen-bond donors (Lipinski definition) is 4. The van der Waals surface area contributed by atoms with Crippen molar-refractivity contribution in [2.45, 2.75) is 19.1 Å². The number of rotatable bonds is 3. The molecule has 5 heteroatoms. The fourth-order valence-electron chi connectivity index (χ4n) is 0.590. The van der Waals surface area contributed by atoms with E-state index >= 15 is 0 Å². The van der Waals surface area contributed by atoms with Crippen molar-refractivity contribution in [3.63, 3.8) is 0 Å². The predicted molar refractivity (Wildman–Crippen MR) is 36.9 cm³/mol. The normalized spacial score (nSPS) is 16.0. The van der Waals surface area contributed by atoms with E-state index in [1.54, 1.807) is 0 Å². The van der Waals surface area contributed by atoms with Crippen LogP contribution in [0.15, 0.2) is 0 Å². The van der Waals surface area contributed by atoms with Gasteiger partial charge in [0.2, 0.25) is 5.91 Å². The summed E-state index contributed by atoms with van der Waals surface area (Å²) in [6, 6.07) is -0.731. The molecule has 5 N–H and O–H groups in total. The molecule has 10 heavy (non-hydrogen) atoms. The molecule has 0 fully saturated rings. The van der Waals surface area contributed by atoms with Gasteiger partial charge in [-0.1, -0.05) is 0 Å². The van der Waals surface area contributed by atoms with Crippen LogP contribution in [-0.4, -0.2) is 30.2 Å². The molecular weight excluding hydrogens is 134 g/mol. The zero-order chi connectivity index (χ0) is 8.15. The maximum Gasteiger partial charge on any atom is 0.240 e. The van der Waals surface area contributed by atoms with Gasteiger partial charge in [-0.15, -0.1) is 0 Å².